The van der Waals surface area contributed by atoms with Crippen LogP contribution < -0.4 is 15.6 Å². The third-order valence-electron chi connectivity index (χ3n) is 4.47. The number of ether oxygens (including phenoxy) is 1. The first kappa shape index (κ1) is 23.3. The van der Waals surface area contributed by atoms with Crippen molar-refractivity contribution in [1.82, 2.24) is 15.8 Å². The second kappa shape index (κ2) is 10.8. The number of benzene rings is 2. The van der Waals surface area contributed by atoms with E-state index in [-0.39, 0.29) is 30.2 Å². The lowest BCUT2D eigenvalue weighted by molar-refractivity contribution is -0.124. The lowest BCUT2D eigenvalue weighted by Gasteiger charge is -2.14. The maximum atomic E-state index is 12.7. The zero-order valence-corrected chi connectivity index (χ0v) is 18.8. The number of hydrogen-bond donors (Lipinski definition) is 3. The highest BCUT2D eigenvalue weighted by Gasteiger charge is 2.31. The number of methoxy groups -OCH3 is 1. The molecule has 0 bridgehead atoms. The Kier molecular flexibility index (Phi) is 7.85. The van der Waals surface area contributed by atoms with Gasteiger partial charge in [0, 0.05) is 18.5 Å². The molecule has 1 heterocycles. The van der Waals surface area contributed by atoms with Crippen LogP contribution in [0.15, 0.2) is 53.4 Å². The summed E-state index contributed by atoms with van der Waals surface area (Å²) in [5.74, 6) is -0.519. The molecular formula is C22H21N3O5S2. The summed E-state index contributed by atoms with van der Waals surface area (Å²) in [6, 6.07) is 13.1. The molecule has 0 unspecified atom stereocenters. The molecule has 2 aromatic rings. The van der Waals surface area contributed by atoms with Crippen molar-refractivity contribution in [3.8, 4) is 11.5 Å². The summed E-state index contributed by atoms with van der Waals surface area (Å²) >= 11 is 6.53. The number of rotatable bonds is 7. The van der Waals surface area contributed by atoms with E-state index in [0.717, 1.165) is 5.56 Å². The van der Waals surface area contributed by atoms with Gasteiger partial charge in [-0.1, -0.05) is 42.2 Å². The van der Waals surface area contributed by atoms with E-state index in [2.05, 4.69) is 10.9 Å². The SMILES string of the molecule is COc1cccc(C=C2SC(=S)N(CCCC(=O)NNC(=O)c3cccc(O)c3)C2=O)c1. The molecule has 0 radical (unpaired) electrons. The predicted octanol–water partition coefficient (Wildman–Crippen LogP) is 2.84. The fourth-order valence-electron chi connectivity index (χ4n) is 2.88. The van der Waals surface area contributed by atoms with Crippen molar-refractivity contribution in [2.45, 2.75) is 12.8 Å². The quantitative estimate of drug-likeness (QED) is 0.324. The number of thioether (sulfide) groups is 1. The Morgan fingerprint density at radius 3 is 2.72 bits per heavy atom. The minimum atomic E-state index is -0.547. The first-order valence-electron chi connectivity index (χ1n) is 9.65. The summed E-state index contributed by atoms with van der Waals surface area (Å²) in [5.41, 5.74) is 5.64. The maximum Gasteiger partial charge on any atom is 0.269 e. The molecule has 1 saturated heterocycles. The molecule has 0 saturated carbocycles. The van der Waals surface area contributed by atoms with Gasteiger partial charge in [-0.3, -0.25) is 30.1 Å². The standard InChI is InChI=1S/C22H21N3O5S2/c1-30-17-8-2-5-14(11-17)12-18-21(29)25(22(31)32-18)10-4-9-19(27)23-24-20(28)15-6-3-7-16(26)13-15/h2-3,5-8,11-13,26H,4,9-10H2,1H3,(H,23,27)(H,24,28). The normalized spacial score (nSPS) is 14.5. The van der Waals surface area contributed by atoms with Gasteiger partial charge in [0.25, 0.3) is 11.8 Å². The molecule has 0 spiro atoms. The second-order valence-electron chi connectivity index (χ2n) is 6.77. The van der Waals surface area contributed by atoms with E-state index in [9.17, 15) is 19.5 Å². The molecule has 3 N–H and O–H groups in total. The molecule has 32 heavy (non-hydrogen) atoms. The first-order valence-corrected chi connectivity index (χ1v) is 10.9. The van der Waals surface area contributed by atoms with Crippen LogP contribution in [0.3, 0.4) is 0 Å². The summed E-state index contributed by atoms with van der Waals surface area (Å²) in [5, 5.41) is 9.41. The molecule has 8 nitrogen and oxygen atoms in total. The van der Waals surface area contributed by atoms with E-state index < -0.39 is 11.8 Å². The number of phenolic OH excluding ortho intramolecular Hbond substituents is 1. The van der Waals surface area contributed by atoms with Gasteiger partial charge in [-0.05, 0) is 48.4 Å². The van der Waals surface area contributed by atoms with E-state index in [1.807, 2.05) is 24.3 Å². The van der Waals surface area contributed by atoms with Crippen molar-refractivity contribution in [2.24, 2.45) is 0 Å². The fourth-order valence-corrected chi connectivity index (χ4v) is 4.19. The zero-order chi connectivity index (χ0) is 23.1. The van der Waals surface area contributed by atoms with Crippen LogP contribution in [0.25, 0.3) is 6.08 Å². The molecule has 0 aromatic heterocycles. The molecule has 0 atom stereocenters. The highest BCUT2D eigenvalue weighted by atomic mass is 32.2. The van der Waals surface area contributed by atoms with E-state index in [4.69, 9.17) is 17.0 Å². The number of thiocarbonyl (C=S) groups is 1. The molecule has 1 fully saturated rings. The summed E-state index contributed by atoms with van der Waals surface area (Å²) in [6.07, 6.45) is 2.21. The van der Waals surface area contributed by atoms with Crippen LogP contribution in [0.4, 0.5) is 0 Å². The van der Waals surface area contributed by atoms with Crippen molar-refractivity contribution in [1.29, 1.82) is 0 Å². The number of carbonyl (C=O) groups excluding carboxylic acids is 3. The highest BCUT2D eigenvalue weighted by molar-refractivity contribution is 8.26. The van der Waals surface area contributed by atoms with Crippen LogP contribution in [0.5, 0.6) is 11.5 Å². The molecule has 1 aliphatic heterocycles. The molecule has 3 rings (SSSR count). The molecule has 0 aliphatic carbocycles. The lowest BCUT2D eigenvalue weighted by atomic mass is 10.2. The Labute approximate surface area is 194 Å². The van der Waals surface area contributed by atoms with E-state index in [0.29, 0.717) is 21.4 Å². The van der Waals surface area contributed by atoms with E-state index in [1.165, 1.54) is 40.9 Å². The van der Waals surface area contributed by atoms with Crippen molar-refractivity contribution < 1.29 is 24.2 Å². The number of amides is 3. The number of nitrogens with zero attached hydrogens (tertiary/aromatic N) is 1. The monoisotopic (exact) mass is 471 g/mol. The summed E-state index contributed by atoms with van der Waals surface area (Å²) < 4.78 is 5.63. The highest BCUT2D eigenvalue weighted by Crippen LogP contribution is 2.33. The third kappa shape index (κ3) is 6.08. The molecule has 166 valence electrons. The molecule has 2 aromatic carbocycles. The second-order valence-corrected chi connectivity index (χ2v) is 8.44. The number of carbonyl (C=O) groups is 3. The molecule has 10 heteroatoms. The molecule has 3 amide bonds. The van der Waals surface area contributed by atoms with Gasteiger partial charge in [0.15, 0.2) is 0 Å². The smallest absolute Gasteiger partial charge is 0.269 e. The van der Waals surface area contributed by atoms with E-state index in [1.54, 1.807) is 13.2 Å². The van der Waals surface area contributed by atoms with Gasteiger partial charge >= 0.3 is 0 Å². The number of phenols is 1. The molecule has 1 aliphatic rings. The summed E-state index contributed by atoms with van der Waals surface area (Å²) in [6.45, 7) is 0.286. The minimum Gasteiger partial charge on any atom is -0.508 e. The van der Waals surface area contributed by atoms with Gasteiger partial charge in [-0.15, -0.1) is 0 Å². The average Bonchev–Trinajstić information content (AvgIpc) is 3.04. The van der Waals surface area contributed by atoms with Crippen LogP contribution in [0, 0.1) is 0 Å². The Bertz CT molecular complexity index is 1090. The Hall–Kier alpha value is -3.37. The van der Waals surface area contributed by atoms with Crippen molar-refractivity contribution in [3.63, 3.8) is 0 Å². The fraction of sp³-hybridized carbons (Fsp3) is 0.182. The summed E-state index contributed by atoms with van der Waals surface area (Å²) in [4.78, 5) is 38.6. The van der Waals surface area contributed by atoms with Crippen LogP contribution in [0.1, 0.15) is 28.8 Å². The lowest BCUT2D eigenvalue weighted by Crippen LogP contribution is -2.41. The number of nitrogens with one attached hydrogen (secondary N) is 2. The van der Waals surface area contributed by atoms with Crippen LogP contribution in [-0.2, 0) is 9.59 Å². The Balaban J connectivity index is 1.47. The Morgan fingerprint density at radius 1 is 1.19 bits per heavy atom. The third-order valence-corrected chi connectivity index (χ3v) is 5.85. The van der Waals surface area contributed by atoms with Crippen molar-refractivity contribution >= 4 is 52.1 Å². The van der Waals surface area contributed by atoms with Gasteiger partial charge < -0.3 is 9.84 Å². The van der Waals surface area contributed by atoms with Gasteiger partial charge in [0.2, 0.25) is 5.91 Å². The van der Waals surface area contributed by atoms with Crippen molar-refractivity contribution in [3.05, 3.63) is 64.6 Å². The largest absolute Gasteiger partial charge is 0.508 e. The van der Waals surface area contributed by atoms with Gasteiger partial charge in [-0.2, -0.15) is 0 Å². The predicted molar refractivity (Wildman–Crippen MR) is 126 cm³/mol. The van der Waals surface area contributed by atoms with E-state index >= 15 is 0 Å². The zero-order valence-electron chi connectivity index (χ0n) is 17.2. The number of hydrazine groups is 1. The first-order chi connectivity index (χ1) is 15.4. The van der Waals surface area contributed by atoms with Gasteiger partial charge in [0.05, 0.1) is 12.0 Å². The number of hydrogen-bond acceptors (Lipinski definition) is 7. The number of aromatic hydroxyl groups is 1. The topological polar surface area (TPSA) is 108 Å². The van der Waals surface area contributed by atoms with Crippen LogP contribution >= 0.6 is 24.0 Å². The van der Waals surface area contributed by atoms with Gasteiger partial charge in [-0.25, -0.2) is 0 Å². The average molecular weight is 472 g/mol. The maximum absolute atomic E-state index is 12.7. The Morgan fingerprint density at radius 2 is 1.97 bits per heavy atom. The van der Waals surface area contributed by atoms with Crippen molar-refractivity contribution in [2.75, 3.05) is 13.7 Å². The minimum absolute atomic E-state index is 0.0482. The van der Waals surface area contributed by atoms with Gasteiger partial charge in [0.1, 0.15) is 15.8 Å². The molecular weight excluding hydrogens is 450 g/mol. The van der Waals surface area contributed by atoms with Crippen LogP contribution in [-0.4, -0.2) is 45.7 Å². The summed E-state index contributed by atoms with van der Waals surface area (Å²) in [7, 11) is 1.58. The van der Waals surface area contributed by atoms with Crippen LogP contribution in [0.2, 0.25) is 0 Å².